The highest BCUT2D eigenvalue weighted by atomic mass is 16.2. The molecule has 0 spiro atoms. The SMILES string of the molecule is O=C(Cc1ccccc1)N/N=C1\C[C@H]2C=CC[C@@H]12. The fourth-order valence-electron chi connectivity index (χ4n) is 2.62. The van der Waals surface area contributed by atoms with Gasteiger partial charge in [0.05, 0.1) is 6.42 Å². The van der Waals surface area contributed by atoms with Gasteiger partial charge in [0.25, 0.3) is 0 Å². The largest absolute Gasteiger partial charge is 0.273 e. The van der Waals surface area contributed by atoms with Crippen molar-refractivity contribution < 1.29 is 4.79 Å². The molecule has 2 atom stereocenters. The van der Waals surface area contributed by atoms with Gasteiger partial charge in [-0.3, -0.25) is 4.79 Å². The number of benzene rings is 1. The molecule has 0 saturated heterocycles. The molecule has 1 fully saturated rings. The Morgan fingerprint density at radius 2 is 2.17 bits per heavy atom. The van der Waals surface area contributed by atoms with Gasteiger partial charge in [0.15, 0.2) is 0 Å². The van der Waals surface area contributed by atoms with Crippen molar-refractivity contribution in [3.63, 3.8) is 0 Å². The van der Waals surface area contributed by atoms with Crippen LogP contribution in [0.25, 0.3) is 0 Å². The zero-order valence-corrected chi connectivity index (χ0v) is 10.2. The molecule has 0 radical (unpaired) electrons. The first-order chi connectivity index (χ1) is 8.83. The number of nitrogens with zero attached hydrogens (tertiary/aromatic N) is 1. The zero-order valence-electron chi connectivity index (χ0n) is 10.2. The molecule has 2 aliphatic rings. The summed E-state index contributed by atoms with van der Waals surface area (Å²) in [6.07, 6.45) is 6.95. The quantitative estimate of drug-likeness (QED) is 0.639. The van der Waals surface area contributed by atoms with Gasteiger partial charge < -0.3 is 0 Å². The highest BCUT2D eigenvalue weighted by Crippen LogP contribution is 2.39. The molecular weight excluding hydrogens is 224 g/mol. The van der Waals surface area contributed by atoms with Gasteiger partial charge in [-0.05, 0) is 24.3 Å². The number of hydrogen-bond donors (Lipinski definition) is 1. The van der Waals surface area contributed by atoms with Crippen LogP contribution in [0.1, 0.15) is 18.4 Å². The molecule has 0 bridgehead atoms. The number of allylic oxidation sites excluding steroid dienone is 2. The van der Waals surface area contributed by atoms with E-state index in [4.69, 9.17) is 0 Å². The Kier molecular flexibility index (Phi) is 2.97. The van der Waals surface area contributed by atoms with Crippen molar-refractivity contribution in [1.82, 2.24) is 5.43 Å². The summed E-state index contributed by atoms with van der Waals surface area (Å²) in [5.74, 6) is 1.19. The van der Waals surface area contributed by atoms with E-state index in [1.54, 1.807) is 0 Å². The Balaban J connectivity index is 1.52. The molecule has 0 aromatic heterocycles. The molecule has 2 aliphatic carbocycles. The lowest BCUT2D eigenvalue weighted by Crippen LogP contribution is -2.35. The molecule has 1 saturated carbocycles. The van der Waals surface area contributed by atoms with Crippen molar-refractivity contribution in [3.05, 3.63) is 48.0 Å². The average Bonchev–Trinajstić information content (AvgIpc) is 2.72. The van der Waals surface area contributed by atoms with Crippen LogP contribution in [-0.4, -0.2) is 11.6 Å². The number of nitrogens with one attached hydrogen (secondary N) is 1. The van der Waals surface area contributed by atoms with Crippen LogP contribution in [0.2, 0.25) is 0 Å². The fourth-order valence-corrected chi connectivity index (χ4v) is 2.62. The predicted octanol–water partition coefficient (Wildman–Crippen LogP) is 2.30. The molecule has 1 amide bonds. The summed E-state index contributed by atoms with van der Waals surface area (Å²) >= 11 is 0. The van der Waals surface area contributed by atoms with E-state index in [-0.39, 0.29) is 5.91 Å². The van der Waals surface area contributed by atoms with Crippen LogP contribution in [0.3, 0.4) is 0 Å². The Morgan fingerprint density at radius 3 is 2.94 bits per heavy atom. The lowest BCUT2D eigenvalue weighted by atomic mass is 9.74. The van der Waals surface area contributed by atoms with Crippen LogP contribution in [0, 0.1) is 11.8 Å². The normalized spacial score (nSPS) is 26.8. The molecule has 0 heterocycles. The second-order valence-corrected chi connectivity index (χ2v) is 4.94. The van der Waals surface area contributed by atoms with Crippen molar-refractivity contribution in [1.29, 1.82) is 0 Å². The molecular formula is C15H16N2O. The molecule has 1 aromatic carbocycles. The van der Waals surface area contributed by atoms with Crippen molar-refractivity contribution in [2.24, 2.45) is 16.9 Å². The molecule has 1 N–H and O–H groups in total. The summed E-state index contributed by atoms with van der Waals surface area (Å²) < 4.78 is 0. The third-order valence-corrected chi connectivity index (χ3v) is 3.69. The van der Waals surface area contributed by atoms with Gasteiger partial charge in [0.1, 0.15) is 0 Å². The molecule has 3 rings (SSSR count). The summed E-state index contributed by atoms with van der Waals surface area (Å²) in [7, 11) is 0. The summed E-state index contributed by atoms with van der Waals surface area (Å²) in [4.78, 5) is 11.7. The number of fused-ring (bicyclic) bond motifs is 1. The first-order valence-electron chi connectivity index (χ1n) is 6.39. The second kappa shape index (κ2) is 4.77. The van der Waals surface area contributed by atoms with Gasteiger partial charge in [-0.25, -0.2) is 5.43 Å². The Labute approximate surface area is 107 Å². The molecule has 3 nitrogen and oxygen atoms in total. The number of hydrazone groups is 1. The fraction of sp³-hybridized carbons (Fsp3) is 0.333. The van der Waals surface area contributed by atoms with Crippen LogP contribution in [-0.2, 0) is 11.2 Å². The number of hydrogen-bond acceptors (Lipinski definition) is 2. The van der Waals surface area contributed by atoms with E-state index in [1.807, 2.05) is 30.3 Å². The minimum atomic E-state index is -0.0388. The van der Waals surface area contributed by atoms with E-state index in [1.165, 1.54) is 0 Å². The lowest BCUT2D eigenvalue weighted by molar-refractivity contribution is -0.120. The first kappa shape index (κ1) is 11.2. The standard InChI is InChI=1S/C15H16N2O/c18-15(9-11-5-2-1-3-6-11)17-16-14-10-12-7-4-8-13(12)14/h1-7,12-13H,8-10H2,(H,17,18)/b16-14+/t12-,13-/m1/s1. The van der Waals surface area contributed by atoms with Gasteiger partial charge in [0.2, 0.25) is 5.91 Å². The van der Waals surface area contributed by atoms with E-state index >= 15 is 0 Å². The first-order valence-corrected chi connectivity index (χ1v) is 6.39. The monoisotopic (exact) mass is 240 g/mol. The van der Waals surface area contributed by atoms with E-state index in [0.29, 0.717) is 18.3 Å². The smallest absolute Gasteiger partial charge is 0.244 e. The number of amides is 1. The minimum Gasteiger partial charge on any atom is -0.273 e. The highest BCUT2D eigenvalue weighted by molar-refractivity contribution is 5.95. The van der Waals surface area contributed by atoms with Crippen molar-refractivity contribution in [2.75, 3.05) is 0 Å². The van der Waals surface area contributed by atoms with Gasteiger partial charge in [-0.15, -0.1) is 0 Å². The Bertz CT molecular complexity index is 504. The maximum Gasteiger partial charge on any atom is 0.244 e. The van der Waals surface area contributed by atoms with Gasteiger partial charge in [0, 0.05) is 11.6 Å². The highest BCUT2D eigenvalue weighted by Gasteiger charge is 2.37. The van der Waals surface area contributed by atoms with Gasteiger partial charge in [-0.2, -0.15) is 5.10 Å². The third kappa shape index (κ3) is 2.21. The van der Waals surface area contributed by atoms with E-state index in [2.05, 4.69) is 22.7 Å². The summed E-state index contributed by atoms with van der Waals surface area (Å²) in [6.45, 7) is 0. The zero-order chi connectivity index (χ0) is 12.4. The Morgan fingerprint density at radius 1 is 1.33 bits per heavy atom. The van der Waals surface area contributed by atoms with Crippen LogP contribution in [0.15, 0.2) is 47.6 Å². The second-order valence-electron chi connectivity index (χ2n) is 4.94. The summed E-state index contributed by atoms with van der Waals surface area (Å²) in [5, 5.41) is 4.25. The number of carbonyl (C=O) groups is 1. The molecule has 18 heavy (non-hydrogen) atoms. The predicted molar refractivity (Wildman–Crippen MR) is 71.1 cm³/mol. The summed E-state index contributed by atoms with van der Waals surface area (Å²) in [6, 6.07) is 9.73. The third-order valence-electron chi connectivity index (χ3n) is 3.69. The van der Waals surface area contributed by atoms with E-state index in [9.17, 15) is 4.79 Å². The van der Waals surface area contributed by atoms with E-state index in [0.717, 1.165) is 24.1 Å². The van der Waals surface area contributed by atoms with Crippen molar-refractivity contribution in [2.45, 2.75) is 19.3 Å². The van der Waals surface area contributed by atoms with Crippen LogP contribution in [0.4, 0.5) is 0 Å². The van der Waals surface area contributed by atoms with Crippen molar-refractivity contribution in [3.8, 4) is 0 Å². The molecule has 1 aromatic rings. The molecule has 3 heteroatoms. The minimum absolute atomic E-state index is 0.0388. The molecule has 92 valence electrons. The summed E-state index contributed by atoms with van der Waals surface area (Å²) in [5.41, 5.74) is 4.83. The molecule has 0 aliphatic heterocycles. The Hall–Kier alpha value is -1.90. The maximum absolute atomic E-state index is 11.7. The van der Waals surface area contributed by atoms with Crippen LogP contribution in [0.5, 0.6) is 0 Å². The topological polar surface area (TPSA) is 41.5 Å². The van der Waals surface area contributed by atoms with Gasteiger partial charge >= 0.3 is 0 Å². The van der Waals surface area contributed by atoms with Gasteiger partial charge in [-0.1, -0.05) is 42.5 Å². The van der Waals surface area contributed by atoms with E-state index < -0.39 is 0 Å². The maximum atomic E-state index is 11.7. The van der Waals surface area contributed by atoms with Crippen molar-refractivity contribution >= 4 is 11.6 Å². The van der Waals surface area contributed by atoms with Crippen LogP contribution >= 0.6 is 0 Å². The lowest BCUT2D eigenvalue weighted by Gasteiger charge is -2.31. The number of carbonyl (C=O) groups excluding carboxylic acids is 1. The molecule has 0 unspecified atom stereocenters. The van der Waals surface area contributed by atoms with Crippen LogP contribution < -0.4 is 5.43 Å². The average molecular weight is 240 g/mol. The number of rotatable bonds is 3.